The molecular weight excluding hydrogens is 234 g/mol. The van der Waals surface area contributed by atoms with Gasteiger partial charge >= 0.3 is 0 Å². The third kappa shape index (κ3) is 2.19. The first kappa shape index (κ1) is 12.4. The number of nitrogens with zero attached hydrogens (tertiary/aromatic N) is 1. The van der Waals surface area contributed by atoms with Crippen molar-refractivity contribution in [3.8, 4) is 0 Å². The Hall–Kier alpha value is -1.61. The first-order valence-electron chi connectivity index (χ1n) is 7.24. The summed E-state index contributed by atoms with van der Waals surface area (Å²) >= 11 is 0. The van der Waals surface area contributed by atoms with Gasteiger partial charge in [0.15, 0.2) is 0 Å². The van der Waals surface area contributed by atoms with Crippen LogP contribution in [0.25, 0.3) is 10.9 Å². The lowest BCUT2D eigenvalue weighted by Gasteiger charge is -2.12. The lowest BCUT2D eigenvalue weighted by molar-refractivity contribution is 0.796. The molecule has 0 fully saturated rings. The highest BCUT2D eigenvalue weighted by molar-refractivity contribution is 5.94. The molecule has 0 saturated carbocycles. The zero-order valence-electron chi connectivity index (χ0n) is 11.5. The summed E-state index contributed by atoms with van der Waals surface area (Å²) in [7, 11) is 0. The van der Waals surface area contributed by atoms with Gasteiger partial charge in [-0.2, -0.15) is 0 Å². The van der Waals surface area contributed by atoms with Crippen molar-refractivity contribution in [2.75, 3.05) is 5.43 Å². The summed E-state index contributed by atoms with van der Waals surface area (Å²) in [6.45, 7) is 2.22. The highest BCUT2D eigenvalue weighted by atomic mass is 15.2. The van der Waals surface area contributed by atoms with Crippen LogP contribution in [0.1, 0.15) is 43.0 Å². The SMILES string of the molecule is CCCCc1ccc2nc3c(c(NN)c2c1)CCC3. The molecule has 3 nitrogen and oxygen atoms in total. The Kier molecular flexibility index (Phi) is 3.38. The molecule has 0 saturated heterocycles. The van der Waals surface area contributed by atoms with E-state index in [0.717, 1.165) is 30.5 Å². The molecule has 3 rings (SSSR count). The van der Waals surface area contributed by atoms with Gasteiger partial charge < -0.3 is 5.43 Å². The minimum absolute atomic E-state index is 1.06. The van der Waals surface area contributed by atoms with Crippen LogP contribution in [0.15, 0.2) is 18.2 Å². The summed E-state index contributed by atoms with van der Waals surface area (Å²) in [6, 6.07) is 6.60. The van der Waals surface area contributed by atoms with Crippen molar-refractivity contribution in [3.63, 3.8) is 0 Å². The molecule has 3 N–H and O–H groups in total. The molecule has 0 radical (unpaired) electrons. The number of nitrogens with one attached hydrogen (secondary N) is 1. The van der Waals surface area contributed by atoms with Crippen molar-refractivity contribution < 1.29 is 0 Å². The monoisotopic (exact) mass is 255 g/mol. The zero-order valence-corrected chi connectivity index (χ0v) is 11.5. The molecule has 100 valence electrons. The first-order chi connectivity index (χ1) is 9.33. The van der Waals surface area contributed by atoms with Gasteiger partial charge in [-0.15, -0.1) is 0 Å². The van der Waals surface area contributed by atoms with Gasteiger partial charge in [0.2, 0.25) is 0 Å². The maximum Gasteiger partial charge on any atom is 0.0726 e. The molecule has 0 aliphatic heterocycles. The highest BCUT2D eigenvalue weighted by Crippen LogP contribution is 2.34. The van der Waals surface area contributed by atoms with Gasteiger partial charge in [0.05, 0.1) is 11.2 Å². The van der Waals surface area contributed by atoms with E-state index in [9.17, 15) is 0 Å². The summed E-state index contributed by atoms with van der Waals surface area (Å²) in [5.74, 6) is 5.76. The second-order valence-electron chi connectivity index (χ2n) is 5.36. The van der Waals surface area contributed by atoms with E-state index in [0.29, 0.717) is 0 Å². The Bertz CT molecular complexity index is 604. The van der Waals surface area contributed by atoms with E-state index in [4.69, 9.17) is 10.8 Å². The number of hydrogen-bond acceptors (Lipinski definition) is 3. The molecule has 2 aromatic rings. The smallest absolute Gasteiger partial charge is 0.0726 e. The van der Waals surface area contributed by atoms with Crippen LogP contribution in [-0.2, 0) is 19.3 Å². The Balaban J connectivity index is 2.13. The van der Waals surface area contributed by atoms with Crippen molar-refractivity contribution in [2.45, 2.75) is 45.4 Å². The Morgan fingerprint density at radius 2 is 2.21 bits per heavy atom. The van der Waals surface area contributed by atoms with Gasteiger partial charge in [0, 0.05) is 11.1 Å². The van der Waals surface area contributed by atoms with Gasteiger partial charge in [0.25, 0.3) is 0 Å². The van der Waals surface area contributed by atoms with Crippen LogP contribution in [0.4, 0.5) is 5.69 Å². The number of hydrogen-bond donors (Lipinski definition) is 2. The maximum atomic E-state index is 5.76. The van der Waals surface area contributed by atoms with Crippen molar-refractivity contribution in [1.29, 1.82) is 0 Å². The maximum absolute atomic E-state index is 5.76. The number of nitrogens with two attached hydrogens (primary N) is 1. The van der Waals surface area contributed by atoms with E-state index in [1.54, 1.807) is 0 Å². The van der Waals surface area contributed by atoms with Gasteiger partial charge in [-0.05, 0) is 55.4 Å². The van der Waals surface area contributed by atoms with Crippen molar-refractivity contribution in [1.82, 2.24) is 4.98 Å². The average Bonchev–Trinajstić information content (AvgIpc) is 2.90. The quantitative estimate of drug-likeness (QED) is 0.650. The van der Waals surface area contributed by atoms with Crippen LogP contribution in [-0.4, -0.2) is 4.98 Å². The topological polar surface area (TPSA) is 50.9 Å². The van der Waals surface area contributed by atoms with Gasteiger partial charge in [-0.1, -0.05) is 19.4 Å². The van der Waals surface area contributed by atoms with Crippen LogP contribution in [0.2, 0.25) is 0 Å². The number of aromatic nitrogens is 1. The largest absolute Gasteiger partial charge is 0.323 e. The third-order valence-electron chi connectivity index (χ3n) is 4.04. The number of nitrogen functional groups attached to an aromatic ring is 1. The molecule has 0 atom stereocenters. The lowest BCUT2D eigenvalue weighted by atomic mass is 10.0. The van der Waals surface area contributed by atoms with E-state index in [-0.39, 0.29) is 0 Å². The van der Waals surface area contributed by atoms with Crippen molar-refractivity contribution in [3.05, 3.63) is 35.0 Å². The van der Waals surface area contributed by atoms with E-state index in [1.165, 1.54) is 41.5 Å². The van der Waals surface area contributed by atoms with Gasteiger partial charge in [0.1, 0.15) is 0 Å². The fraction of sp³-hybridized carbons (Fsp3) is 0.438. The molecule has 1 aliphatic rings. The standard InChI is InChI=1S/C16H21N3/c1-2-3-5-11-8-9-15-13(10-11)16(19-17)12-6-4-7-14(12)18-15/h8-10H,2-7,17H2,1H3,(H,18,19). The van der Waals surface area contributed by atoms with E-state index in [2.05, 4.69) is 30.5 Å². The van der Waals surface area contributed by atoms with Gasteiger partial charge in [-0.3, -0.25) is 10.8 Å². The zero-order chi connectivity index (χ0) is 13.2. The van der Waals surface area contributed by atoms with Crippen LogP contribution < -0.4 is 11.3 Å². The number of unbranched alkanes of at least 4 members (excludes halogenated alkanes) is 1. The molecule has 0 amide bonds. The highest BCUT2D eigenvalue weighted by Gasteiger charge is 2.19. The second kappa shape index (κ2) is 5.17. The Labute approximate surface area is 114 Å². The van der Waals surface area contributed by atoms with Gasteiger partial charge in [-0.25, -0.2) is 0 Å². The lowest BCUT2D eigenvalue weighted by Crippen LogP contribution is -2.10. The average molecular weight is 255 g/mol. The van der Waals surface area contributed by atoms with Crippen LogP contribution in [0.3, 0.4) is 0 Å². The van der Waals surface area contributed by atoms with E-state index >= 15 is 0 Å². The number of benzene rings is 1. The first-order valence-corrected chi connectivity index (χ1v) is 7.24. The fourth-order valence-electron chi connectivity index (χ4n) is 3.01. The summed E-state index contributed by atoms with van der Waals surface area (Å²) in [5, 5.41) is 1.18. The predicted molar refractivity (Wildman–Crippen MR) is 80.2 cm³/mol. The fourth-order valence-corrected chi connectivity index (χ4v) is 3.01. The Morgan fingerprint density at radius 3 is 3.00 bits per heavy atom. The summed E-state index contributed by atoms with van der Waals surface area (Å²) in [4.78, 5) is 4.79. The van der Waals surface area contributed by atoms with E-state index in [1.807, 2.05) is 0 Å². The normalized spacial score (nSPS) is 13.8. The van der Waals surface area contributed by atoms with Crippen LogP contribution in [0, 0.1) is 0 Å². The Morgan fingerprint density at radius 1 is 1.32 bits per heavy atom. The molecule has 19 heavy (non-hydrogen) atoms. The summed E-state index contributed by atoms with van der Waals surface area (Å²) in [6.07, 6.45) is 6.95. The molecule has 1 heterocycles. The third-order valence-corrected chi connectivity index (χ3v) is 4.04. The molecule has 3 heteroatoms. The summed E-state index contributed by atoms with van der Waals surface area (Å²) in [5.41, 5.74) is 9.00. The van der Waals surface area contributed by atoms with Crippen molar-refractivity contribution >= 4 is 16.6 Å². The number of pyridine rings is 1. The van der Waals surface area contributed by atoms with Crippen LogP contribution >= 0.6 is 0 Å². The number of hydrazine groups is 1. The molecule has 1 aromatic carbocycles. The van der Waals surface area contributed by atoms with Crippen molar-refractivity contribution in [2.24, 2.45) is 5.84 Å². The van der Waals surface area contributed by atoms with Crippen LogP contribution in [0.5, 0.6) is 0 Å². The molecule has 1 aromatic heterocycles. The number of anilines is 1. The second-order valence-corrected chi connectivity index (χ2v) is 5.36. The minimum Gasteiger partial charge on any atom is -0.323 e. The molecule has 1 aliphatic carbocycles. The number of fused-ring (bicyclic) bond motifs is 2. The number of rotatable bonds is 4. The minimum atomic E-state index is 1.06. The number of aryl methyl sites for hydroxylation is 2. The predicted octanol–water partition coefficient (Wildman–Crippen LogP) is 3.35. The molecule has 0 spiro atoms. The van der Waals surface area contributed by atoms with E-state index < -0.39 is 0 Å². The molecule has 0 bridgehead atoms. The molecular formula is C16H21N3. The molecule has 0 unspecified atom stereocenters. The summed E-state index contributed by atoms with van der Waals surface area (Å²) < 4.78 is 0.